The Hall–Kier alpha value is -2.93. The van der Waals surface area contributed by atoms with Gasteiger partial charge in [-0.15, -0.1) is 0 Å². The lowest BCUT2D eigenvalue weighted by Crippen LogP contribution is -2.33. The average Bonchev–Trinajstić information content (AvgIpc) is 3.11. The van der Waals surface area contributed by atoms with Crippen LogP contribution in [0.1, 0.15) is 32.3 Å². The fourth-order valence-corrected chi connectivity index (χ4v) is 3.34. The molecule has 0 saturated carbocycles. The third-order valence-corrected chi connectivity index (χ3v) is 5.02. The van der Waals surface area contributed by atoms with Crippen LogP contribution in [0.25, 0.3) is 11.1 Å². The summed E-state index contributed by atoms with van der Waals surface area (Å²) in [4.78, 5) is 24.5. The van der Waals surface area contributed by atoms with E-state index in [1.807, 2.05) is 24.3 Å². The number of nitrogens with zero attached hydrogens (tertiary/aromatic N) is 1. The number of ether oxygens (including phenoxy) is 1. The van der Waals surface area contributed by atoms with Crippen LogP contribution in [-0.2, 0) is 16.1 Å². The molecule has 1 unspecified atom stereocenters. The number of carbonyl (C=O) groups excluding carboxylic acids is 2. The number of benzene rings is 2. The van der Waals surface area contributed by atoms with Gasteiger partial charge in [0.1, 0.15) is 11.9 Å². The molecule has 0 aliphatic carbocycles. The van der Waals surface area contributed by atoms with Crippen molar-refractivity contribution in [2.24, 2.45) is 0 Å². The molecule has 1 atom stereocenters. The molecule has 1 aliphatic rings. The third-order valence-electron chi connectivity index (χ3n) is 5.02. The van der Waals surface area contributed by atoms with E-state index in [-0.39, 0.29) is 19.0 Å². The second-order valence-electron chi connectivity index (χ2n) is 7.44. The van der Waals surface area contributed by atoms with E-state index in [1.54, 1.807) is 12.1 Å². The molecule has 2 amide bonds. The summed E-state index contributed by atoms with van der Waals surface area (Å²) in [5.41, 5.74) is 2.84. The van der Waals surface area contributed by atoms with Gasteiger partial charge in [-0.25, -0.2) is 9.18 Å². The van der Waals surface area contributed by atoms with Gasteiger partial charge >= 0.3 is 6.09 Å². The van der Waals surface area contributed by atoms with Gasteiger partial charge in [0.05, 0.1) is 18.8 Å². The molecule has 30 heavy (non-hydrogen) atoms. The predicted molar refractivity (Wildman–Crippen MR) is 115 cm³/mol. The topological polar surface area (TPSA) is 70.7 Å². The Balaban J connectivity index is 1.65. The van der Waals surface area contributed by atoms with Crippen molar-refractivity contribution in [2.75, 3.05) is 24.5 Å². The van der Waals surface area contributed by atoms with Gasteiger partial charge in [0.25, 0.3) is 0 Å². The molecule has 6 nitrogen and oxygen atoms in total. The molecule has 1 heterocycles. The molecule has 1 aliphatic heterocycles. The summed E-state index contributed by atoms with van der Waals surface area (Å²) in [7, 11) is 0. The van der Waals surface area contributed by atoms with Crippen LogP contribution in [0.4, 0.5) is 14.9 Å². The molecule has 2 aromatic carbocycles. The minimum atomic E-state index is -0.544. The first-order valence-corrected chi connectivity index (χ1v) is 10.3. The number of unbranched alkanes of at least 4 members (excludes halogenated alkanes) is 1. The van der Waals surface area contributed by atoms with Crippen LogP contribution in [0, 0.1) is 5.82 Å². The maximum Gasteiger partial charge on any atom is 0.414 e. The highest BCUT2D eigenvalue weighted by molar-refractivity contribution is 5.90. The Labute approximate surface area is 176 Å². The second-order valence-corrected chi connectivity index (χ2v) is 7.44. The molecule has 0 bridgehead atoms. The number of rotatable bonds is 9. The molecule has 0 radical (unpaired) electrons. The highest BCUT2D eigenvalue weighted by Gasteiger charge is 2.32. The number of carbonyl (C=O) groups is 2. The van der Waals surface area contributed by atoms with E-state index < -0.39 is 18.0 Å². The summed E-state index contributed by atoms with van der Waals surface area (Å²) in [6.07, 6.45) is 1.31. The lowest BCUT2D eigenvalue weighted by molar-refractivity contribution is -0.119. The van der Waals surface area contributed by atoms with E-state index in [2.05, 4.69) is 17.6 Å². The zero-order valence-electron chi connectivity index (χ0n) is 17.4. The fourth-order valence-electron chi connectivity index (χ4n) is 3.34. The molecule has 3 rings (SSSR count). The Morgan fingerprint density at radius 3 is 2.67 bits per heavy atom. The number of halogens is 1. The van der Waals surface area contributed by atoms with Crippen molar-refractivity contribution in [1.29, 1.82) is 0 Å². The molecular formula is C23H28FN3O3. The largest absolute Gasteiger partial charge is 0.442 e. The highest BCUT2D eigenvalue weighted by atomic mass is 19.1. The molecule has 2 aromatic rings. The van der Waals surface area contributed by atoms with Gasteiger partial charge in [0, 0.05) is 19.0 Å². The number of amides is 2. The van der Waals surface area contributed by atoms with Crippen molar-refractivity contribution in [3.8, 4) is 11.1 Å². The quantitative estimate of drug-likeness (QED) is 0.613. The zero-order chi connectivity index (χ0) is 21.5. The highest BCUT2D eigenvalue weighted by Crippen LogP contribution is 2.29. The zero-order valence-corrected chi connectivity index (χ0v) is 17.4. The summed E-state index contributed by atoms with van der Waals surface area (Å²) in [6, 6.07) is 12.5. The molecule has 0 aromatic heterocycles. The van der Waals surface area contributed by atoms with Gasteiger partial charge in [0.2, 0.25) is 5.91 Å². The van der Waals surface area contributed by atoms with Crippen LogP contribution in [0.3, 0.4) is 0 Å². The lowest BCUT2D eigenvalue weighted by atomic mass is 10.0. The average molecular weight is 413 g/mol. The monoisotopic (exact) mass is 413 g/mol. The van der Waals surface area contributed by atoms with Crippen LogP contribution >= 0.6 is 0 Å². The Kier molecular flexibility index (Phi) is 7.41. The van der Waals surface area contributed by atoms with Gasteiger partial charge in [0.15, 0.2) is 0 Å². The van der Waals surface area contributed by atoms with Crippen molar-refractivity contribution >= 4 is 17.7 Å². The van der Waals surface area contributed by atoms with Crippen molar-refractivity contribution in [2.45, 2.75) is 39.3 Å². The van der Waals surface area contributed by atoms with Gasteiger partial charge in [-0.2, -0.15) is 0 Å². The molecule has 7 heteroatoms. The summed E-state index contributed by atoms with van der Waals surface area (Å²) >= 11 is 0. The molecular weight excluding hydrogens is 385 g/mol. The van der Waals surface area contributed by atoms with Gasteiger partial charge in [-0.3, -0.25) is 9.69 Å². The van der Waals surface area contributed by atoms with Crippen LogP contribution in [0.15, 0.2) is 42.5 Å². The summed E-state index contributed by atoms with van der Waals surface area (Å²) in [5, 5.41) is 6.01. The van der Waals surface area contributed by atoms with Crippen molar-refractivity contribution < 1.29 is 18.7 Å². The minimum Gasteiger partial charge on any atom is -0.442 e. The first-order chi connectivity index (χ1) is 14.5. The molecule has 160 valence electrons. The van der Waals surface area contributed by atoms with Crippen LogP contribution in [0.5, 0.6) is 0 Å². The van der Waals surface area contributed by atoms with E-state index >= 15 is 0 Å². The SMILES string of the molecule is CCCCNCc1ccc(-c2ccc(N3CC(CNC(C)=O)OC3=O)cc2F)cc1. The fraction of sp³-hybridized carbons (Fsp3) is 0.391. The first-order valence-electron chi connectivity index (χ1n) is 10.3. The van der Waals surface area contributed by atoms with Crippen molar-refractivity contribution in [1.82, 2.24) is 10.6 Å². The van der Waals surface area contributed by atoms with Crippen LogP contribution < -0.4 is 15.5 Å². The maximum atomic E-state index is 14.8. The van der Waals surface area contributed by atoms with Crippen molar-refractivity contribution in [3.05, 3.63) is 53.8 Å². The summed E-state index contributed by atoms with van der Waals surface area (Å²) < 4.78 is 20.0. The third kappa shape index (κ3) is 5.57. The molecule has 0 spiro atoms. The summed E-state index contributed by atoms with van der Waals surface area (Å²) in [6.45, 7) is 5.83. The Morgan fingerprint density at radius 1 is 1.23 bits per heavy atom. The van der Waals surface area contributed by atoms with E-state index in [0.717, 1.165) is 37.1 Å². The first kappa shape index (κ1) is 21.8. The predicted octanol–water partition coefficient (Wildman–Crippen LogP) is 3.84. The number of cyclic esters (lactones) is 1. The normalized spacial score (nSPS) is 15.9. The van der Waals surface area contributed by atoms with Crippen LogP contribution in [-0.4, -0.2) is 37.7 Å². The molecule has 2 N–H and O–H groups in total. The van der Waals surface area contributed by atoms with Gasteiger partial charge in [-0.1, -0.05) is 37.6 Å². The van der Waals surface area contributed by atoms with E-state index in [0.29, 0.717) is 11.3 Å². The van der Waals surface area contributed by atoms with Crippen molar-refractivity contribution in [3.63, 3.8) is 0 Å². The maximum absolute atomic E-state index is 14.8. The number of nitrogens with one attached hydrogen (secondary N) is 2. The smallest absolute Gasteiger partial charge is 0.414 e. The van der Waals surface area contributed by atoms with Crippen LogP contribution in [0.2, 0.25) is 0 Å². The van der Waals surface area contributed by atoms with E-state index in [1.165, 1.54) is 17.9 Å². The lowest BCUT2D eigenvalue weighted by Gasteiger charge is -2.15. The van der Waals surface area contributed by atoms with Gasteiger partial charge in [-0.05, 0) is 42.3 Å². The molecule has 1 saturated heterocycles. The second kappa shape index (κ2) is 10.2. The number of anilines is 1. The number of hydrogen-bond donors (Lipinski definition) is 2. The Morgan fingerprint density at radius 2 is 2.00 bits per heavy atom. The summed E-state index contributed by atoms with van der Waals surface area (Å²) in [5.74, 6) is -0.595. The Bertz CT molecular complexity index is 886. The van der Waals surface area contributed by atoms with E-state index in [4.69, 9.17) is 4.74 Å². The molecule has 1 fully saturated rings. The minimum absolute atomic E-state index is 0.192. The van der Waals surface area contributed by atoms with E-state index in [9.17, 15) is 14.0 Å². The van der Waals surface area contributed by atoms with Gasteiger partial charge < -0.3 is 15.4 Å². The number of hydrogen-bond acceptors (Lipinski definition) is 4. The standard InChI is InChI=1S/C23H28FN3O3/c1-3-4-11-25-13-17-5-7-18(8-6-17)21-10-9-19(12-22(21)24)27-15-20(30-23(27)29)14-26-16(2)28/h5-10,12,20,25H,3-4,11,13-15H2,1-2H3,(H,26,28).